The van der Waals surface area contributed by atoms with Gasteiger partial charge in [-0.1, -0.05) is 35.3 Å². The Morgan fingerprint density at radius 1 is 1.16 bits per heavy atom. The van der Waals surface area contributed by atoms with E-state index in [9.17, 15) is 4.79 Å². The molecule has 2 aromatic rings. The molecule has 0 fully saturated rings. The highest BCUT2D eigenvalue weighted by molar-refractivity contribution is 6.35. The number of carbonyl (C=O) groups is 1. The highest BCUT2D eigenvalue weighted by Crippen LogP contribution is 2.20. The van der Waals surface area contributed by atoms with E-state index in [1.807, 2.05) is 36.2 Å². The standard InChI is InChI=1S/C19H21Cl2NO3/c1-22(13-19(24)15-9-16(20)11-17(21)10-15)12-14-4-2-5-18(8-14)25-7-3-6-23/h2,4-5,8-11,23H,3,6-7,12-13H2,1H3. The van der Waals surface area contributed by atoms with Gasteiger partial charge >= 0.3 is 0 Å². The molecule has 0 heterocycles. The van der Waals surface area contributed by atoms with Gasteiger partial charge in [0, 0.05) is 35.2 Å². The summed E-state index contributed by atoms with van der Waals surface area (Å²) >= 11 is 11.9. The molecule has 1 N–H and O–H groups in total. The quantitative estimate of drug-likeness (QED) is 0.525. The Kier molecular flexibility index (Phi) is 7.72. The molecule has 0 spiro atoms. The second-order valence-electron chi connectivity index (χ2n) is 5.83. The Labute approximate surface area is 157 Å². The summed E-state index contributed by atoms with van der Waals surface area (Å²) in [6.07, 6.45) is 0.598. The second-order valence-corrected chi connectivity index (χ2v) is 6.70. The molecule has 0 radical (unpaired) electrons. The van der Waals surface area contributed by atoms with Gasteiger partial charge in [0.15, 0.2) is 5.78 Å². The third-order valence-corrected chi connectivity index (χ3v) is 3.96. The minimum atomic E-state index is -0.0396. The number of ketones is 1. The summed E-state index contributed by atoms with van der Waals surface area (Å²) < 4.78 is 5.57. The number of ether oxygens (including phenoxy) is 1. The first-order valence-electron chi connectivity index (χ1n) is 7.98. The number of hydrogen-bond acceptors (Lipinski definition) is 4. The molecular formula is C19H21Cl2NO3. The predicted molar refractivity (Wildman–Crippen MR) is 101 cm³/mol. The van der Waals surface area contributed by atoms with Crippen LogP contribution >= 0.6 is 23.2 Å². The van der Waals surface area contributed by atoms with Gasteiger partial charge in [-0.3, -0.25) is 9.69 Å². The Bertz CT molecular complexity index is 701. The Hall–Kier alpha value is -1.59. The number of carbonyl (C=O) groups excluding carboxylic acids is 1. The van der Waals surface area contributed by atoms with Crippen molar-refractivity contribution in [2.24, 2.45) is 0 Å². The highest BCUT2D eigenvalue weighted by Gasteiger charge is 2.12. The van der Waals surface area contributed by atoms with Crippen LogP contribution in [-0.2, 0) is 6.54 Å². The maximum atomic E-state index is 12.4. The summed E-state index contributed by atoms with van der Waals surface area (Å²) in [5.41, 5.74) is 1.55. The summed E-state index contributed by atoms with van der Waals surface area (Å²) in [7, 11) is 1.88. The molecule has 25 heavy (non-hydrogen) atoms. The Balaban J connectivity index is 1.94. The lowest BCUT2D eigenvalue weighted by atomic mass is 10.1. The molecule has 0 unspecified atom stereocenters. The molecule has 6 heteroatoms. The fourth-order valence-corrected chi connectivity index (χ4v) is 2.93. The molecule has 2 rings (SSSR count). The van der Waals surface area contributed by atoms with Crippen molar-refractivity contribution in [2.45, 2.75) is 13.0 Å². The van der Waals surface area contributed by atoms with E-state index in [1.54, 1.807) is 18.2 Å². The van der Waals surface area contributed by atoms with Gasteiger partial charge in [0.2, 0.25) is 0 Å². The molecule has 0 saturated carbocycles. The number of likely N-dealkylation sites (N-methyl/N-ethyl adjacent to an activating group) is 1. The summed E-state index contributed by atoms with van der Waals surface area (Å²) in [6, 6.07) is 12.6. The van der Waals surface area contributed by atoms with E-state index in [4.69, 9.17) is 33.0 Å². The number of halogens is 2. The molecule has 4 nitrogen and oxygen atoms in total. The maximum Gasteiger partial charge on any atom is 0.176 e. The zero-order chi connectivity index (χ0) is 18.2. The summed E-state index contributed by atoms with van der Waals surface area (Å²) in [4.78, 5) is 14.3. The van der Waals surface area contributed by atoms with Gasteiger partial charge < -0.3 is 9.84 Å². The first kappa shape index (κ1) is 19.7. The molecule has 0 aliphatic rings. The number of aliphatic hydroxyl groups excluding tert-OH is 1. The highest BCUT2D eigenvalue weighted by atomic mass is 35.5. The van der Waals surface area contributed by atoms with Crippen LogP contribution in [0.4, 0.5) is 0 Å². The van der Waals surface area contributed by atoms with Crippen molar-refractivity contribution in [1.82, 2.24) is 4.90 Å². The van der Waals surface area contributed by atoms with E-state index in [0.717, 1.165) is 11.3 Å². The third-order valence-electron chi connectivity index (χ3n) is 3.52. The zero-order valence-corrected chi connectivity index (χ0v) is 15.6. The van der Waals surface area contributed by atoms with Crippen LogP contribution in [0.2, 0.25) is 10.0 Å². The molecule has 0 amide bonds. The molecule has 134 valence electrons. The van der Waals surface area contributed by atoms with Crippen molar-refractivity contribution >= 4 is 29.0 Å². The van der Waals surface area contributed by atoms with Gasteiger partial charge in [0.1, 0.15) is 5.75 Å². The summed E-state index contributed by atoms with van der Waals surface area (Å²) in [5, 5.41) is 9.70. The van der Waals surface area contributed by atoms with Gasteiger partial charge in [-0.2, -0.15) is 0 Å². The second kappa shape index (κ2) is 9.78. The molecule has 0 aromatic heterocycles. The van der Waals surface area contributed by atoms with Crippen LogP contribution in [0.3, 0.4) is 0 Å². The van der Waals surface area contributed by atoms with E-state index < -0.39 is 0 Å². The number of hydrogen-bond donors (Lipinski definition) is 1. The fraction of sp³-hybridized carbons (Fsp3) is 0.316. The van der Waals surface area contributed by atoms with Crippen LogP contribution < -0.4 is 4.74 Å². The Morgan fingerprint density at radius 3 is 2.56 bits per heavy atom. The van der Waals surface area contributed by atoms with Gasteiger partial charge in [0.05, 0.1) is 13.2 Å². The molecular weight excluding hydrogens is 361 g/mol. The van der Waals surface area contributed by atoms with Gasteiger partial charge in [0.25, 0.3) is 0 Å². The molecule has 2 aromatic carbocycles. The lowest BCUT2D eigenvalue weighted by molar-refractivity contribution is 0.0943. The number of benzene rings is 2. The van der Waals surface area contributed by atoms with E-state index in [0.29, 0.717) is 35.2 Å². The molecule has 0 saturated heterocycles. The first-order valence-corrected chi connectivity index (χ1v) is 8.74. The van der Waals surface area contributed by atoms with Crippen molar-refractivity contribution in [1.29, 1.82) is 0 Å². The normalized spacial score (nSPS) is 10.9. The monoisotopic (exact) mass is 381 g/mol. The fourth-order valence-electron chi connectivity index (χ4n) is 2.41. The number of rotatable bonds is 9. The van der Waals surface area contributed by atoms with Crippen molar-refractivity contribution in [3.8, 4) is 5.75 Å². The van der Waals surface area contributed by atoms with Gasteiger partial charge in [-0.05, 0) is 42.9 Å². The largest absolute Gasteiger partial charge is 0.493 e. The molecule has 0 bridgehead atoms. The number of Topliss-reactive ketones (excluding diaryl/α,β-unsaturated/α-hetero) is 1. The number of aliphatic hydroxyl groups is 1. The minimum Gasteiger partial charge on any atom is -0.493 e. The third kappa shape index (κ3) is 6.67. The molecule has 0 aliphatic heterocycles. The van der Waals surface area contributed by atoms with Crippen molar-refractivity contribution in [2.75, 3.05) is 26.8 Å². The predicted octanol–water partition coefficient (Wildman–Crippen LogP) is 4.07. The first-order chi connectivity index (χ1) is 12.0. The van der Waals surface area contributed by atoms with Crippen molar-refractivity contribution in [3.63, 3.8) is 0 Å². The topological polar surface area (TPSA) is 49.8 Å². The van der Waals surface area contributed by atoms with Gasteiger partial charge in [-0.25, -0.2) is 0 Å². The van der Waals surface area contributed by atoms with Crippen LogP contribution in [0.1, 0.15) is 22.3 Å². The van der Waals surface area contributed by atoms with Crippen LogP contribution in [0.25, 0.3) is 0 Å². The van der Waals surface area contributed by atoms with Crippen LogP contribution in [0, 0.1) is 0 Å². The van der Waals surface area contributed by atoms with Crippen LogP contribution in [-0.4, -0.2) is 42.6 Å². The Morgan fingerprint density at radius 2 is 1.88 bits per heavy atom. The van der Waals surface area contributed by atoms with Gasteiger partial charge in [-0.15, -0.1) is 0 Å². The summed E-state index contributed by atoms with van der Waals surface area (Å²) in [6.45, 7) is 1.45. The van der Waals surface area contributed by atoms with Crippen LogP contribution in [0.15, 0.2) is 42.5 Å². The van der Waals surface area contributed by atoms with E-state index in [-0.39, 0.29) is 18.9 Å². The SMILES string of the molecule is CN(CC(=O)c1cc(Cl)cc(Cl)c1)Cc1cccc(OCCCO)c1. The number of nitrogens with zero attached hydrogens (tertiary/aromatic N) is 1. The van der Waals surface area contributed by atoms with E-state index >= 15 is 0 Å². The average molecular weight is 382 g/mol. The van der Waals surface area contributed by atoms with E-state index in [1.165, 1.54) is 0 Å². The van der Waals surface area contributed by atoms with Crippen molar-refractivity contribution < 1.29 is 14.6 Å². The average Bonchev–Trinajstić information content (AvgIpc) is 2.54. The molecule has 0 aliphatic carbocycles. The smallest absolute Gasteiger partial charge is 0.176 e. The summed E-state index contributed by atoms with van der Waals surface area (Å²) in [5.74, 6) is 0.717. The van der Waals surface area contributed by atoms with Crippen molar-refractivity contribution in [3.05, 3.63) is 63.6 Å². The van der Waals surface area contributed by atoms with E-state index in [2.05, 4.69) is 0 Å². The molecule has 0 atom stereocenters. The van der Waals surface area contributed by atoms with Crippen LogP contribution in [0.5, 0.6) is 5.75 Å². The maximum absolute atomic E-state index is 12.4. The lowest BCUT2D eigenvalue weighted by Gasteiger charge is -2.17. The minimum absolute atomic E-state index is 0.0396. The zero-order valence-electron chi connectivity index (χ0n) is 14.0. The lowest BCUT2D eigenvalue weighted by Crippen LogP contribution is -2.25.